The molecule has 0 aliphatic rings. The van der Waals surface area contributed by atoms with E-state index in [-0.39, 0.29) is 32.0 Å². The van der Waals surface area contributed by atoms with Crippen LogP contribution in [0.1, 0.15) is 94.2 Å². The summed E-state index contributed by atoms with van der Waals surface area (Å²) in [5.41, 5.74) is 3.37. The van der Waals surface area contributed by atoms with Crippen LogP contribution in [-0.4, -0.2) is 8.07 Å². The Labute approximate surface area is 195 Å². The maximum atomic E-state index is 3.37. The zero-order chi connectivity index (χ0) is 24.4. The third-order valence-corrected chi connectivity index (χ3v) is 13.6. The van der Waals surface area contributed by atoms with Gasteiger partial charge in [-0.25, -0.2) is 0 Å². The maximum Gasteiger partial charge on any atom is 0.0776 e. The zero-order valence-electron chi connectivity index (χ0n) is 22.9. The molecule has 30 heavy (non-hydrogen) atoms. The van der Waals surface area contributed by atoms with Crippen molar-refractivity contribution in [1.82, 2.24) is 0 Å². The first-order valence-corrected chi connectivity index (χ1v) is 16.2. The van der Waals surface area contributed by atoms with E-state index >= 15 is 0 Å². The fourth-order valence-corrected chi connectivity index (χ4v) is 7.20. The van der Waals surface area contributed by atoms with Crippen LogP contribution in [-0.2, 0) is 10.3 Å². The number of hydrogen-bond acceptors (Lipinski definition) is 0. The van der Waals surface area contributed by atoms with Crippen molar-refractivity contribution >= 4 is 31.7 Å². The first kappa shape index (κ1) is 28.3. The van der Waals surface area contributed by atoms with Gasteiger partial charge in [0, 0.05) is 10.3 Å². The van der Waals surface area contributed by atoms with Crippen LogP contribution >= 0.6 is 18.5 Å². The molecule has 2 unspecified atom stereocenters. The van der Waals surface area contributed by atoms with Crippen molar-refractivity contribution in [2.75, 3.05) is 0 Å². The molecule has 0 heterocycles. The van der Waals surface area contributed by atoms with Crippen LogP contribution in [0.3, 0.4) is 0 Å². The summed E-state index contributed by atoms with van der Waals surface area (Å²) in [5, 5.41) is 1.42. The highest BCUT2D eigenvalue weighted by Crippen LogP contribution is 2.64. The normalized spacial score (nSPS) is 15.5. The van der Waals surface area contributed by atoms with Crippen LogP contribution < -0.4 is 5.19 Å². The Bertz CT molecular complexity index is 729. The van der Waals surface area contributed by atoms with Crippen LogP contribution in [0.5, 0.6) is 0 Å². The number of benzene rings is 1. The van der Waals surface area contributed by atoms with Crippen molar-refractivity contribution < 1.29 is 0 Å². The first-order chi connectivity index (χ1) is 12.8. The molecule has 0 aliphatic carbocycles. The highest BCUT2D eigenvalue weighted by molar-refractivity contribution is 7.19. The van der Waals surface area contributed by atoms with Gasteiger partial charge in [-0.05, 0) is 32.8 Å². The molecule has 1 aromatic carbocycles. The quantitative estimate of drug-likeness (QED) is 0.309. The molecule has 0 amide bonds. The molecule has 3 heteroatoms. The van der Waals surface area contributed by atoms with Crippen LogP contribution in [0.2, 0.25) is 19.6 Å². The highest BCUT2D eigenvalue weighted by Gasteiger charge is 2.55. The molecule has 0 saturated carbocycles. The van der Waals surface area contributed by atoms with Gasteiger partial charge in [0.05, 0.1) is 8.07 Å². The lowest BCUT2D eigenvalue weighted by Crippen LogP contribution is -2.52. The smallest absolute Gasteiger partial charge is 0.0776 e. The third-order valence-electron chi connectivity index (χ3n) is 7.47. The Hall–Kier alpha value is 0.297. The summed E-state index contributed by atoms with van der Waals surface area (Å²) in [6.07, 6.45) is 0. The maximum absolute atomic E-state index is 3.37. The van der Waals surface area contributed by atoms with Crippen molar-refractivity contribution in [2.24, 2.45) is 21.7 Å². The van der Waals surface area contributed by atoms with Gasteiger partial charge in [0.1, 0.15) is 0 Å². The van der Waals surface area contributed by atoms with Crippen LogP contribution in [0, 0.1) is 21.7 Å². The molecule has 0 N–H and O–H groups in total. The molecule has 0 nitrogen and oxygen atoms in total. The van der Waals surface area contributed by atoms with Crippen LogP contribution in [0.25, 0.3) is 0 Å². The molecule has 2 atom stereocenters. The lowest BCUT2D eigenvalue weighted by Gasteiger charge is -2.57. The zero-order valence-corrected chi connectivity index (χ0v) is 26.2. The second-order valence-electron chi connectivity index (χ2n) is 14.6. The molecule has 0 spiro atoms. The van der Waals surface area contributed by atoms with Gasteiger partial charge in [-0.2, -0.15) is 0 Å². The lowest BCUT2D eigenvalue weighted by atomic mass is 9.56. The summed E-state index contributed by atoms with van der Waals surface area (Å²) >= 11 is 0. The number of rotatable bonds is 3. The second kappa shape index (κ2) is 7.96. The molecule has 0 fully saturated rings. The molecule has 0 aromatic heterocycles. The first-order valence-electron chi connectivity index (χ1n) is 11.6. The predicted octanol–water partition coefficient (Wildman–Crippen LogP) is 8.56. The minimum Gasteiger partial charge on any atom is -0.125 e. The van der Waals surface area contributed by atoms with E-state index in [0.29, 0.717) is 0 Å². The summed E-state index contributed by atoms with van der Waals surface area (Å²) in [6.45, 7) is 36.3. The minimum atomic E-state index is -1.45. The van der Waals surface area contributed by atoms with Gasteiger partial charge in [-0.15, -0.1) is 18.5 Å². The van der Waals surface area contributed by atoms with E-state index in [1.165, 1.54) is 11.1 Å². The van der Waals surface area contributed by atoms with E-state index in [4.69, 9.17) is 0 Å². The van der Waals surface area contributed by atoms with Crippen molar-refractivity contribution in [3.8, 4) is 0 Å². The van der Waals surface area contributed by atoms with Gasteiger partial charge >= 0.3 is 0 Å². The molecule has 174 valence electrons. The van der Waals surface area contributed by atoms with E-state index in [1.54, 1.807) is 5.19 Å². The lowest BCUT2D eigenvalue weighted by molar-refractivity contribution is 0.118. The fourth-order valence-electron chi connectivity index (χ4n) is 5.55. The standard InChI is InChI=1S/C27H52P2Si/c1-22(2,3)26(28,23(4,5)6)20-17-16-19(30(13,14)15)18-21(20)27(29,24(7,8)9)25(10,11)12/h16-18H,28-29H2,1-15H3. The molecule has 1 rings (SSSR count). The molecule has 1 aromatic rings. The van der Waals surface area contributed by atoms with Crippen LogP contribution in [0.15, 0.2) is 18.2 Å². The average molecular weight is 467 g/mol. The van der Waals surface area contributed by atoms with Gasteiger partial charge < -0.3 is 0 Å². The van der Waals surface area contributed by atoms with E-state index in [1.807, 2.05) is 0 Å². The molecular formula is C27H52P2Si. The molecular weight excluding hydrogens is 414 g/mol. The fraction of sp³-hybridized carbons (Fsp3) is 0.778. The number of hydrogen-bond donors (Lipinski definition) is 0. The van der Waals surface area contributed by atoms with Gasteiger partial charge in [0.2, 0.25) is 0 Å². The Morgan fingerprint density at radius 3 is 1.10 bits per heavy atom. The van der Waals surface area contributed by atoms with Crippen molar-refractivity contribution in [3.63, 3.8) is 0 Å². The van der Waals surface area contributed by atoms with Crippen molar-refractivity contribution in [3.05, 3.63) is 29.3 Å². The van der Waals surface area contributed by atoms with E-state index < -0.39 is 8.07 Å². The average Bonchev–Trinajstić information content (AvgIpc) is 2.47. The summed E-state index contributed by atoms with van der Waals surface area (Å²) in [6, 6.07) is 7.53. The Morgan fingerprint density at radius 2 is 0.833 bits per heavy atom. The molecule has 0 saturated heterocycles. The second-order valence-corrected chi connectivity index (χ2v) is 21.4. The summed E-state index contributed by atoms with van der Waals surface area (Å²) in [5.74, 6) is 0. The largest absolute Gasteiger partial charge is 0.125 e. The van der Waals surface area contributed by atoms with E-state index in [2.05, 4.69) is 139 Å². The third kappa shape index (κ3) is 4.66. The SMILES string of the molecule is CC(C)(C)C(P)(c1ccc([Si](C)(C)C)cc1C(P)(C(C)(C)C)C(C)(C)C)C(C)(C)C. The molecule has 0 bridgehead atoms. The Kier molecular flexibility index (Phi) is 7.51. The Balaban J connectivity index is 4.30. The molecule has 0 radical (unpaired) electrons. The van der Waals surface area contributed by atoms with Crippen molar-refractivity contribution in [2.45, 2.75) is 113 Å². The van der Waals surface area contributed by atoms with Gasteiger partial charge in [-0.3, -0.25) is 0 Å². The highest BCUT2D eigenvalue weighted by atomic mass is 31.0. The van der Waals surface area contributed by atoms with Gasteiger partial charge in [-0.1, -0.05) is 126 Å². The van der Waals surface area contributed by atoms with Gasteiger partial charge in [0.15, 0.2) is 0 Å². The van der Waals surface area contributed by atoms with E-state index in [0.717, 1.165) is 0 Å². The predicted molar refractivity (Wildman–Crippen MR) is 150 cm³/mol. The van der Waals surface area contributed by atoms with E-state index in [9.17, 15) is 0 Å². The minimum absolute atomic E-state index is 0.0639. The van der Waals surface area contributed by atoms with Gasteiger partial charge in [0.25, 0.3) is 0 Å². The summed E-state index contributed by atoms with van der Waals surface area (Å²) in [4.78, 5) is 0. The summed E-state index contributed by atoms with van der Waals surface area (Å²) < 4.78 is 0. The Morgan fingerprint density at radius 1 is 0.533 bits per heavy atom. The van der Waals surface area contributed by atoms with Crippen LogP contribution in [0.4, 0.5) is 0 Å². The molecule has 0 aliphatic heterocycles. The summed E-state index contributed by atoms with van der Waals surface area (Å²) in [7, 11) is 5.26. The monoisotopic (exact) mass is 466 g/mol. The van der Waals surface area contributed by atoms with Crippen molar-refractivity contribution in [1.29, 1.82) is 0 Å². The topological polar surface area (TPSA) is 0 Å².